The molecule has 0 heterocycles. The van der Waals surface area contributed by atoms with Crippen LogP contribution in [0.4, 0.5) is 0 Å². The standard InChI is InChI=1S/C26H47N9O10/c1-12(2)11-17(25(44)45)34-22(41)15(6-8-18(28)37)33-24(43)20(13(3)36)35-23(42)16(7-9-19(38)39)32-21(40)14(27)5-4-10-31-26(29)30/h12-17,20,36H,4-11,27H2,1-3H3,(H2,28,37)(H,32,40)(H,33,43)(H,34,41)(H,35,42)(H,38,39)(H,44,45)(H4,29,30,31)/t13-,14+,15+,16+,17+,20+/m1/s1. The average molecular weight is 646 g/mol. The number of aliphatic imine (C=N–C) groups is 1. The maximum atomic E-state index is 13.2. The van der Waals surface area contributed by atoms with Crippen LogP contribution in [0, 0.1) is 5.92 Å². The molecule has 0 spiro atoms. The molecule has 5 amide bonds. The fourth-order valence-corrected chi connectivity index (χ4v) is 3.91. The Bertz CT molecular complexity index is 1080. The SMILES string of the molecule is CC(C)C[C@H](NC(=O)[C@H](CCC(N)=O)NC(=O)[C@@H](NC(=O)[C@H](CCC(=O)O)NC(=O)[C@@H](N)CCCN=C(N)N)[C@@H](C)O)C(=O)O. The minimum absolute atomic E-state index is 0.0628. The number of carboxylic acid groups (broad SMARTS) is 2. The number of rotatable bonds is 22. The molecular weight excluding hydrogens is 598 g/mol. The van der Waals surface area contributed by atoms with E-state index < -0.39 is 90.6 Å². The fourth-order valence-electron chi connectivity index (χ4n) is 3.91. The molecule has 0 fully saturated rings. The molecule has 0 saturated carbocycles. The van der Waals surface area contributed by atoms with E-state index in [-0.39, 0.29) is 44.1 Å². The van der Waals surface area contributed by atoms with Gasteiger partial charge in [0.1, 0.15) is 24.2 Å². The highest BCUT2D eigenvalue weighted by atomic mass is 16.4. The van der Waals surface area contributed by atoms with Gasteiger partial charge in [0.15, 0.2) is 5.96 Å². The van der Waals surface area contributed by atoms with Crippen LogP contribution in [-0.4, -0.2) is 106 Å². The van der Waals surface area contributed by atoms with Gasteiger partial charge in [-0.3, -0.25) is 33.8 Å². The molecule has 0 aliphatic heterocycles. The summed E-state index contributed by atoms with van der Waals surface area (Å²) in [4.78, 5) is 89.8. The first-order chi connectivity index (χ1) is 20.8. The molecule has 6 atom stereocenters. The molecule has 0 aromatic carbocycles. The molecular formula is C26H47N9O10. The molecule has 0 unspecified atom stereocenters. The lowest BCUT2D eigenvalue weighted by Gasteiger charge is -2.27. The van der Waals surface area contributed by atoms with Crippen molar-refractivity contribution in [2.45, 2.75) is 102 Å². The highest BCUT2D eigenvalue weighted by Crippen LogP contribution is 2.08. The lowest BCUT2D eigenvalue weighted by atomic mass is 10.0. The number of nitrogens with two attached hydrogens (primary N) is 4. The Kier molecular flexibility index (Phi) is 18.4. The molecule has 45 heavy (non-hydrogen) atoms. The maximum absolute atomic E-state index is 13.2. The number of nitrogens with one attached hydrogen (secondary N) is 4. The van der Waals surface area contributed by atoms with Crippen LogP contribution in [0.15, 0.2) is 4.99 Å². The minimum atomic E-state index is -1.73. The third-order valence-corrected chi connectivity index (χ3v) is 6.28. The predicted octanol–water partition coefficient (Wildman–Crippen LogP) is -4.05. The Balaban J connectivity index is 5.82. The Morgan fingerprint density at radius 3 is 1.69 bits per heavy atom. The molecule has 19 heteroatoms. The van der Waals surface area contributed by atoms with Gasteiger partial charge in [0.05, 0.1) is 12.1 Å². The molecule has 15 N–H and O–H groups in total. The number of carbonyl (C=O) groups is 7. The van der Waals surface area contributed by atoms with Crippen LogP contribution >= 0.6 is 0 Å². The number of hydrogen-bond donors (Lipinski definition) is 11. The number of carboxylic acids is 2. The van der Waals surface area contributed by atoms with Gasteiger partial charge in [0, 0.05) is 19.4 Å². The van der Waals surface area contributed by atoms with Gasteiger partial charge in [-0.05, 0) is 44.9 Å². The van der Waals surface area contributed by atoms with E-state index >= 15 is 0 Å². The lowest BCUT2D eigenvalue weighted by Crippen LogP contribution is -2.61. The van der Waals surface area contributed by atoms with Gasteiger partial charge in [-0.25, -0.2) is 4.79 Å². The van der Waals surface area contributed by atoms with Crippen LogP contribution in [0.2, 0.25) is 0 Å². The van der Waals surface area contributed by atoms with E-state index in [1.807, 2.05) is 0 Å². The number of primary amides is 1. The zero-order chi connectivity index (χ0) is 34.9. The largest absolute Gasteiger partial charge is 0.481 e. The minimum Gasteiger partial charge on any atom is -0.481 e. The van der Waals surface area contributed by atoms with Crippen LogP contribution in [-0.2, 0) is 33.6 Å². The van der Waals surface area contributed by atoms with Gasteiger partial charge in [-0.1, -0.05) is 13.8 Å². The number of nitrogens with zero attached hydrogens (tertiary/aromatic N) is 1. The summed E-state index contributed by atoms with van der Waals surface area (Å²) in [5.41, 5.74) is 21.5. The van der Waals surface area contributed by atoms with Crippen molar-refractivity contribution < 1.29 is 48.9 Å². The number of aliphatic hydroxyl groups is 1. The van der Waals surface area contributed by atoms with Gasteiger partial charge in [0.2, 0.25) is 29.5 Å². The second-order valence-electron chi connectivity index (χ2n) is 10.9. The van der Waals surface area contributed by atoms with Crippen molar-refractivity contribution in [1.82, 2.24) is 21.3 Å². The van der Waals surface area contributed by atoms with Crippen molar-refractivity contribution in [3.8, 4) is 0 Å². The zero-order valence-electron chi connectivity index (χ0n) is 25.7. The van der Waals surface area contributed by atoms with Crippen molar-refractivity contribution >= 4 is 47.4 Å². The van der Waals surface area contributed by atoms with E-state index in [1.165, 1.54) is 0 Å². The van der Waals surface area contributed by atoms with E-state index in [2.05, 4.69) is 26.3 Å². The fraction of sp³-hybridized carbons (Fsp3) is 0.692. The summed E-state index contributed by atoms with van der Waals surface area (Å²) in [7, 11) is 0. The lowest BCUT2D eigenvalue weighted by molar-refractivity contribution is -0.143. The Morgan fingerprint density at radius 2 is 1.22 bits per heavy atom. The van der Waals surface area contributed by atoms with Crippen molar-refractivity contribution in [3.63, 3.8) is 0 Å². The Morgan fingerprint density at radius 1 is 0.711 bits per heavy atom. The van der Waals surface area contributed by atoms with Gasteiger partial charge >= 0.3 is 11.9 Å². The van der Waals surface area contributed by atoms with Crippen LogP contribution in [0.3, 0.4) is 0 Å². The Hall–Kier alpha value is -4.52. The van der Waals surface area contributed by atoms with E-state index in [9.17, 15) is 43.8 Å². The summed E-state index contributed by atoms with van der Waals surface area (Å²) in [5, 5.41) is 38.0. The van der Waals surface area contributed by atoms with Crippen LogP contribution in [0.1, 0.15) is 65.7 Å². The van der Waals surface area contributed by atoms with E-state index in [0.29, 0.717) is 6.42 Å². The molecule has 0 bridgehead atoms. The first kappa shape index (κ1) is 40.5. The molecule has 0 radical (unpaired) electrons. The topological polar surface area (TPSA) is 345 Å². The van der Waals surface area contributed by atoms with Crippen LogP contribution in [0.25, 0.3) is 0 Å². The summed E-state index contributed by atoms with van der Waals surface area (Å²) in [6, 6.07) is -7.14. The molecule has 0 aliphatic carbocycles. The van der Waals surface area contributed by atoms with Gasteiger partial charge in [0.25, 0.3) is 0 Å². The average Bonchev–Trinajstić information content (AvgIpc) is 2.92. The normalized spacial score (nSPS) is 14.9. The van der Waals surface area contributed by atoms with Crippen molar-refractivity contribution in [2.24, 2.45) is 33.8 Å². The number of aliphatic hydroxyl groups excluding tert-OH is 1. The highest BCUT2D eigenvalue weighted by Gasteiger charge is 2.34. The quantitative estimate of drug-likeness (QED) is 0.0304. The number of hydrogen-bond acceptors (Lipinski definition) is 10. The van der Waals surface area contributed by atoms with Crippen LogP contribution < -0.4 is 44.2 Å². The van der Waals surface area contributed by atoms with Crippen LogP contribution in [0.5, 0.6) is 0 Å². The highest BCUT2D eigenvalue weighted by molar-refractivity contribution is 5.96. The monoisotopic (exact) mass is 645 g/mol. The second-order valence-corrected chi connectivity index (χ2v) is 10.9. The summed E-state index contributed by atoms with van der Waals surface area (Å²) < 4.78 is 0. The smallest absolute Gasteiger partial charge is 0.326 e. The first-order valence-corrected chi connectivity index (χ1v) is 14.3. The molecule has 0 aromatic rings. The third-order valence-electron chi connectivity index (χ3n) is 6.28. The summed E-state index contributed by atoms with van der Waals surface area (Å²) in [5.74, 6) is -7.58. The van der Waals surface area contributed by atoms with Gasteiger partial charge in [-0.15, -0.1) is 0 Å². The van der Waals surface area contributed by atoms with Crippen molar-refractivity contribution in [3.05, 3.63) is 0 Å². The van der Waals surface area contributed by atoms with E-state index in [1.54, 1.807) is 13.8 Å². The maximum Gasteiger partial charge on any atom is 0.326 e. The molecule has 256 valence electrons. The molecule has 19 nitrogen and oxygen atoms in total. The third kappa shape index (κ3) is 17.4. The van der Waals surface area contributed by atoms with Crippen molar-refractivity contribution in [1.29, 1.82) is 0 Å². The van der Waals surface area contributed by atoms with Gasteiger partial charge in [-0.2, -0.15) is 0 Å². The Labute approximate surface area is 260 Å². The van der Waals surface area contributed by atoms with Gasteiger partial charge < -0.3 is 59.5 Å². The van der Waals surface area contributed by atoms with Crippen molar-refractivity contribution in [2.75, 3.05) is 6.54 Å². The zero-order valence-corrected chi connectivity index (χ0v) is 25.7. The molecule has 0 aromatic heterocycles. The summed E-state index contributed by atoms with van der Waals surface area (Å²) in [6.45, 7) is 4.80. The second kappa shape index (κ2) is 20.4. The number of aliphatic carboxylic acids is 2. The first-order valence-electron chi connectivity index (χ1n) is 14.3. The van der Waals surface area contributed by atoms with E-state index in [4.69, 9.17) is 28.0 Å². The number of guanidine groups is 1. The molecule has 0 aliphatic rings. The number of amides is 5. The summed E-state index contributed by atoms with van der Waals surface area (Å²) in [6.07, 6.45) is -2.75. The number of carbonyl (C=O) groups excluding carboxylic acids is 5. The molecule has 0 rings (SSSR count). The predicted molar refractivity (Wildman–Crippen MR) is 160 cm³/mol. The van der Waals surface area contributed by atoms with E-state index in [0.717, 1.165) is 6.92 Å². The molecule has 0 saturated heterocycles. The summed E-state index contributed by atoms with van der Waals surface area (Å²) >= 11 is 0.